The Morgan fingerprint density at radius 1 is 0.881 bits per heavy atom. The van der Waals surface area contributed by atoms with E-state index in [-0.39, 0.29) is 17.4 Å². The molecular weight excluding hydrogens is 593 g/mol. The zero-order valence-corrected chi connectivity index (χ0v) is 25.1. The lowest BCUT2D eigenvalue weighted by Crippen LogP contribution is -2.30. The van der Waals surface area contributed by atoms with Gasteiger partial charge in [0.1, 0.15) is 11.4 Å². The van der Waals surface area contributed by atoms with Crippen molar-refractivity contribution in [2.24, 2.45) is 0 Å². The number of anilines is 2. The predicted molar refractivity (Wildman–Crippen MR) is 171 cm³/mol. The Labute approximate surface area is 258 Å². The quantitative estimate of drug-likeness (QED) is 0.126. The molecule has 0 fully saturated rings. The minimum Gasteiger partial charge on any atom is -0.495 e. The molecule has 3 N–H and O–H groups in total. The summed E-state index contributed by atoms with van der Waals surface area (Å²) in [4.78, 5) is 39.6. The Kier molecular flexibility index (Phi) is 10.7. The van der Waals surface area contributed by atoms with E-state index in [0.29, 0.717) is 38.3 Å². The van der Waals surface area contributed by atoms with E-state index in [0.717, 1.165) is 10.5 Å². The van der Waals surface area contributed by atoms with Gasteiger partial charge < -0.3 is 20.7 Å². The largest absolute Gasteiger partial charge is 0.495 e. The SMILES string of the molecule is COc1cc(Cl)c(C)cc1NC(=O)CSc1cccc(NC(=O)/C(=C/c2cccc(Cl)c2)NC(=O)c2ccccc2)c1. The second kappa shape index (κ2) is 14.6. The molecule has 0 aliphatic carbocycles. The van der Waals surface area contributed by atoms with Gasteiger partial charge in [-0.25, -0.2) is 0 Å². The van der Waals surface area contributed by atoms with Crippen molar-refractivity contribution in [3.63, 3.8) is 0 Å². The van der Waals surface area contributed by atoms with E-state index in [1.54, 1.807) is 91.0 Å². The third kappa shape index (κ3) is 8.63. The van der Waals surface area contributed by atoms with Crippen molar-refractivity contribution in [2.45, 2.75) is 11.8 Å². The van der Waals surface area contributed by atoms with Gasteiger partial charge in [0.15, 0.2) is 0 Å². The summed E-state index contributed by atoms with van der Waals surface area (Å²) >= 11 is 13.6. The number of amides is 3. The van der Waals surface area contributed by atoms with Gasteiger partial charge in [-0.05, 0) is 72.7 Å². The minimum atomic E-state index is -0.524. The van der Waals surface area contributed by atoms with E-state index in [9.17, 15) is 14.4 Å². The van der Waals surface area contributed by atoms with Gasteiger partial charge in [-0.1, -0.05) is 59.6 Å². The smallest absolute Gasteiger partial charge is 0.272 e. The van der Waals surface area contributed by atoms with Crippen molar-refractivity contribution < 1.29 is 19.1 Å². The Balaban J connectivity index is 1.45. The van der Waals surface area contributed by atoms with E-state index < -0.39 is 11.8 Å². The Bertz CT molecular complexity index is 1640. The maximum Gasteiger partial charge on any atom is 0.272 e. The van der Waals surface area contributed by atoms with E-state index in [2.05, 4.69) is 16.0 Å². The molecule has 0 radical (unpaired) electrons. The number of halogens is 2. The van der Waals surface area contributed by atoms with Crippen molar-refractivity contribution in [2.75, 3.05) is 23.5 Å². The molecule has 0 unspecified atom stereocenters. The van der Waals surface area contributed by atoms with Crippen LogP contribution in [0.25, 0.3) is 6.08 Å². The lowest BCUT2D eigenvalue weighted by molar-refractivity contribution is -0.114. The van der Waals surface area contributed by atoms with Gasteiger partial charge in [-0.3, -0.25) is 14.4 Å². The molecule has 4 aromatic rings. The van der Waals surface area contributed by atoms with E-state index in [4.69, 9.17) is 27.9 Å². The third-order valence-electron chi connectivity index (χ3n) is 5.91. The monoisotopic (exact) mass is 619 g/mol. The molecule has 3 amide bonds. The molecular formula is C32H27Cl2N3O4S. The van der Waals surface area contributed by atoms with Gasteiger partial charge in [-0.15, -0.1) is 11.8 Å². The highest BCUT2D eigenvalue weighted by Gasteiger charge is 2.16. The summed E-state index contributed by atoms with van der Waals surface area (Å²) in [5.74, 6) is -0.597. The van der Waals surface area contributed by atoms with Crippen LogP contribution in [-0.2, 0) is 9.59 Å². The number of hydrogen-bond acceptors (Lipinski definition) is 5. The molecule has 42 heavy (non-hydrogen) atoms. The molecule has 10 heteroatoms. The van der Waals surface area contributed by atoms with Crippen molar-refractivity contribution in [1.82, 2.24) is 5.32 Å². The predicted octanol–water partition coefficient (Wildman–Crippen LogP) is 7.45. The molecule has 0 bridgehead atoms. The lowest BCUT2D eigenvalue weighted by atomic mass is 10.1. The van der Waals surface area contributed by atoms with Crippen LogP contribution in [0.3, 0.4) is 0 Å². The van der Waals surface area contributed by atoms with Crippen LogP contribution in [0.1, 0.15) is 21.5 Å². The average molecular weight is 621 g/mol. The fraction of sp³-hybridized carbons (Fsp3) is 0.0938. The van der Waals surface area contributed by atoms with Crippen molar-refractivity contribution in [3.8, 4) is 5.75 Å². The molecule has 214 valence electrons. The van der Waals surface area contributed by atoms with Gasteiger partial charge >= 0.3 is 0 Å². The number of aryl methyl sites for hydroxylation is 1. The van der Waals surface area contributed by atoms with Crippen LogP contribution in [-0.4, -0.2) is 30.6 Å². The van der Waals surface area contributed by atoms with Crippen molar-refractivity contribution in [3.05, 3.63) is 123 Å². The summed E-state index contributed by atoms with van der Waals surface area (Å²) < 4.78 is 5.33. The first kappa shape index (κ1) is 30.7. The highest BCUT2D eigenvalue weighted by Crippen LogP contribution is 2.31. The van der Waals surface area contributed by atoms with Crippen LogP contribution in [0.5, 0.6) is 5.75 Å². The molecule has 4 aromatic carbocycles. The van der Waals surface area contributed by atoms with Gasteiger partial charge in [0, 0.05) is 32.3 Å². The van der Waals surface area contributed by atoms with Crippen LogP contribution < -0.4 is 20.7 Å². The fourth-order valence-electron chi connectivity index (χ4n) is 3.83. The van der Waals surface area contributed by atoms with E-state index in [1.165, 1.54) is 18.9 Å². The number of carbonyl (C=O) groups excluding carboxylic acids is 3. The highest BCUT2D eigenvalue weighted by atomic mass is 35.5. The topological polar surface area (TPSA) is 96.5 Å². The van der Waals surface area contributed by atoms with E-state index >= 15 is 0 Å². The maximum absolute atomic E-state index is 13.3. The second-order valence-corrected chi connectivity index (χ2v) is 10.9. The van der Waals surface area contributed by atoms with Gasteiger partial charge in [0.2, 0.25) is 5.91 Å². The molecule has 0 aromatic heterocycles. The number of thioether (sulfide) groups is 1. The number of benzene rings is 4. The summed E-state index contributed by atoms with van der Waals surface area (Å²) in [5.41, 5.74) is 2.92. The minimum absolute atomic E-state index is 0.0377. The molecule has 0 saturated carbocycles. The molecule has 7 nitrogen and oxygen atoms in total. The van der Waals surface area contributed by atoms with Crippen LogP contribution in [0.4, 0.5) is 11.4 Å². The summed E-state index contributed by atoms with van der Waals surface area (Å²) in [7, 11) is 1.51. The zero-order valence-electron chi connectivity index (χ0n) is 22.7. The maximum atomic E-state index is 13.3. The molecule has 0 aliphatic heterocycles. The number of carbonyl (C=O) groups is 3. The first-order valence-corrected chi connectivity index (χ1v) is 14.5. The van der Waals surface area contributed by atoms with E-state index in [1.807, 2.05) is 13.0 Å². The molecule has 0 heterocycles. The van der Waals surface area contributed by atoms with Gasteiger partial charge in [0.05, 0.1) is 18.6 Å². The molecule has 0 aliphatic rings. The van der Waals surface area contributed by atoms with Crippen LogP contribution in [0, 0.1) is 6.92 Å². The summed E-state index contributed by atoms with van der Waals surface area (Å²) in [5, 5.41) is 9.43. The lowest BCUT2D eigenvalue weighted by Gasteiger charge is -2.13. The first-order valence-electron chi connectivity index (χ1n) is 12.7. The second-order valence-electron chi connectivity index (χ2n) is 9.05. The van der Waals surface area contributed by atoms with Crippen molar-refractivity contribution >= 4 is 70.1 Å². The molecule has 4 rings (SSSR count). The average Bonchev–Trinajstić information content (AvgIpc) is 2.98. The summed E-state index contributed by atoms with van der Waals surface area (Å²) in [6.07, 6.45) is 1.55. The van der Waals surface area contributed by atoms with Crippen molar-refractivity contribution in [1.29, 1.82) is 0 Å². The standard InChI is InChI=1S/C32H27Cl2N3O4S/c1-20-14-27(29(41-2)18-26(20)34)36-30(38)19-42-25-13-7-12-24(17-25)35-32(40)28(16-21-8-6-11-23(33)15-21)37-31(39)22-9-4-3-5-10-22/h3-18H,19H2,1-2H3,(H,35,40)(H,36,38)(H,37,39)/b28-16-. The highest BCUT2D eigenvalue weighted by molar-refractivity contribution is 8.00. The third-order valence-corrected chi connectivity index (χ3v) is 7.54. The summed E-state index contributed by atoms with van der Waals surface area (Å²) in [6, 6.07) is 26.0. The number of ether oxygens (including phenoxy) is 1. The van der Waals surface area contributed by atoms with Crippen LogP contribution in [0.15, 0.2) is 102 Å². The Morgan fingerprint density at radius 3 is 2.38 bits per heavy atom. The molecule has 0 atom stereocenters. The van der Waals surface area contributed by atoms with Gasteiger partial charge in [0.25, 0.3) is 11.8 Å². The van der Waals surface area contributed by atoms with Gasteiger partial charge in [-0.2, -0.15) is 0 Å². The molecule has 0 spiro atoms. The Morgan fingerprint density at radius 2 is 1.64 bits per heavy atom. The zero-order chi connectivity index (χ0) is 30.1. The fourth-order valence-corrected chi connectivity index (χ4v) is 4.94. The number of hydrogen-bond donors (Lipinski definition) is 3. The summed E-state index contributed by atoms with van der Waals surface area (Å²) in [6.45, 7) is 1.84. The normalized spacial score (nSPS) is 11.0. The Hall–Kier alpha value is -4.24. The van der Waals surface area contributed by atoms with Crippen LogP contribution in [0.2, 0.25) is 10.0 Å². The number of nitrogens with one attached hydrogen (secondary N) is 3. The van der Waals surface area contributed by atoms with Crippen LogP contribution >= 0.6 is 35.0 Å². The number of methoxy groups -OCH3 is 1. The first-order chi connectivity index (χ1) is 20.2. The molecule has 0 saturated heterocycles. The number of rotatable bonds is 10.